The van der Waals surface area contributed by atoms with Crippen LogP contribution in [0.3, 0.4) is 0 Å². The summed E-state index contributed by atoms with van der Waals surface area (Å²) in [6, 6.07) is 0. The van der Waals surface area contributed by atoms with E-state index < -0.39 is 0 Å². The molecule has 0 bridgehead atoms. The first kappa shape index (κ1) is 20.4. The molecule has 0 aromatic rings. The molecule has 4 aliphatic carbocycles. The molecule has 0 saturated heterocycles. The zero-order chi connectivity index (χ0) is 20.1. The summed E-state index contributed by atoms with van der Waals surface area (Å²) in [6.45, 7) is 7.46. The van der Waals surface area contributed by atoms with Crippen LogP contribution in [-0.4, -0.2) is 24.3 Å². The van der Waals surface area contributed by atoms with Gasteiger partial charge in [0.05, 0.1) is 13.2 Å². The Hall–Kier alpha value is -0.830. The first-order chi connectivity index (χ1) is 13.3. The van der Waals surface area contributed by atoms with Gasteiger partial charge in [-0.05, 0) is 98.2 Å². The summed E-state index contributed by atoms with van der Waals surface area (Å²) in [7, 11) is 1.50. The molecule has 158 valence electrons. The minimum Gasteiger partial charge on any atom is -0.469 e. The van der Waals surface area contributed by atoms with E-state index in [4.69, 9.17) is 4.74 Å². The second-order valence-corrected chi connectivity index (χ2v) is 11.0. The van der Waals surface area contributed by atoms with Crippen LogP contribution in [0.1, 0.15) is 85.0 Å². The molecule has 28 heavy (non-hydrogen) atoms. The minimum atomic E-state index is -0.115. The number of hydrogen-bond acceptors (Lipinski definition) is 3. The van der Waals surface area contributed by atoms with Crippen LogP contribution in [0.5, 0.6) is 0 Å². The maximum atomic E-state index is 11.6. The Morgan fingerprint density at radius 1 is 1.21 bits per heavy atom. The van der Waals surface area contributed by atoms with E-state index in [2.05, 4.69) is 26.8 Å². The van der Waals surface area contributed by atoms with Gasteiger partial charge in [0.25, 0.3) is 0 Å². The number of rotatable bonds is 4. The number of fused-ring (bicyclic) bond motifs is 5. The van der Waals surface area contributed by atoms with E-state index in [1.807, 2.05) is 0 Å². The molecular weight excluding hydrogens is 348 g/mol. The molecule has 3 saturated carbocycles. The Morgan fingerprint density at radius 3 is 2.75 bits per heavy atom. The Morgan fingerprint density at radius 2 is 2.00 bits per heavy atom. The monoisotopic (exact) mass is 388 g/mol. The molecule has 0 amide bonds. The van der Waals surface area contributed by atoms with Crippen molar-refractivity contribution in [1.29, 1.82) is 0 Å². The van der Waals surface area contributed by atoms with E-state index in [9.17, 15) is 9.90 Å². The maximum Gasteiger partial charge on any atom is 0.305 e. The quantitative estimate of drug-likeness (QED) is 0.510. The lowest BCUT2D eigenvalue weighted by atomic mass is 9.47. The van der Waals surface area contributed by atoms with E-state index in [1.165, 1.54) is 45.6 Å². The Labute approximate surface area is 171 Å². The molecule has 0 aromatic carbocycles. The third-order valence-electron chi connectivity index (χ3n) is 9.87. The minimum absolute atomic E-state index is 0.0624. The van der Waals surface area contributed by atoms with Crippen molar-refractivity contribution in [1.82, 2.24) is 0 Å². The number of hydrogen-bond donors (Lipinski definition) is 1. The van der Waals surface area contributed by atoms with Crippen molar-refractivity contribution in [3.05, 3.63) is 11.6 Å². The number of ether oxygens (including phenoxy) is 1. The standard InChI is InChI=1S/C25H40O3/c1-16(5-10-23(27)28-4)20-8-9-21-19-7-6-17-15-18(26)11-13-24(17,2)22(19)12-14-25(20,21)3/h6,16,18-22,26H,5,7-15H2,1-4H3/t16?,18-,19?,20?,21?,22?,24-,25+/m0/s1. The van der Waals surface area contributed by atoms with Crippen molar-refractivity contribution < 1.29 is 14.6 Å². The molecule has 4 aliphatic rings. The fourth-order valence-corrected chi connectivity index (χ4v) is 8.27. The van der Waals surface area contributed by atoms with Gasteiger partial charge in [-0.15, -0.1) is 0 Å². The molecule has 0 spiro atoms. The van der Waals surface area contributed by atoms with E-state index in [0.717, 1.165) is 42.9 Å². The fourth-order valence-electron chi connectivity index (χ4n) is 8.27. The van der Waals surface area contributed by atoms with Gasteiger partial charge in [0, 0.05) is 6.42 Å². The van der Waals surface area contributed by atoms with Crippen LogP contribution < -0.4 is 0 Å². The zero-order valence-corrected chi connectivity index (χ0v) is 18.4. The van der Waals surface area contributed by atoms with Gasteiger partial charge in [0.15, 0.2) is 0 Å². The molecular formula is C25H40O3. The van der Waals surface area contributed by atoms with Gasteiger partial charge in [-0.3, -0.25) is 4.79 Å². The van der Waals surface area contributed by atoms with Gasteiger partial charge in [-0.2, -0.15) is 0 Å². The molecule has 0 radical (unpaired) electrons. The highest BCUT2D eigenvalue weighted by molar-refractivity contribution is 5.69. The van der Waals surface area contributed by atoms with E-state index >= 15 is 0 Å². The second-order valence-electron chi connectivity index (χ2n) is 11.0. The summed E-state index contributed by atoms with van der Waals surface area (Å²) in [5.41, 5.74) is 2.34. The van der Waals surface area contributed by atoms with Gasteiger partial charge in [-0.1, -0.05) is 32.4 Å². The summed E-state index contributed by atoms with van der Waals surface area (Å²) in [5, 5.41) is 10.2. The summed E-state index contributed by atoms with van der Waals surface area (Å²) in [6.07, 6.45) is 13.6. The van der Waals surface area contributed by atoms with Crippen molar-refractivity contribution in [2.75, 3.05) is 7.11 Å². The normalized spacial score (nSPS) is 46.0. The summed E-state index contributed by atoms with van der Waals surface area (Å²) >= 11 is 0. The molecule has 1 N–H and O–H groups in total. The molecule has 4 rings (SSSR count). The average molecular weight is 389 g/mol. The number of carbonyl (C=O) groups excluding carboxylic acids is 1. The molecule has 0 aromatic heterocycles. The lowest BCUT2D eigenvalue weighted by Crippen LogP contribution is -2.50. The first-order valence-electron chi connectivity index (χ1n) is 11.7. The molecule has 3 nitrogen and oxygen atoms in total. The molecule has 3 fully saturated rings. The van der Waals surface area contributed by atoms with Gasteiger partial charge < -0.3 is 9.84 Å². The number of aliphatic hydroxyl groups is 1. The zero-order valence-electron chi connectivity index (χ0n) is 18.4. The third kappa shape index (κ3) is 3.16. The van der Waals surface area contributed by atoms with Crippen LogP contribution in [0, 0.1) is 40.4 Å². The summed E-state index contributed by atoms with van der Waals surface area (Å²) < 4.78 is 4.87. The predicted octanol–water partition coefficient (Wildman–Crippen LogP) is 5.52. The van der Waals surface area contributed by atoms with Crippen LogP contribution in [0.15, 0.2) is 11.6 Å². The first-order valence-corrected chi connectivity index (χ1v) is 11.7. The predicted molar refractivity (Wildman–Crippen MR) is 112 cm³/mol. The number of esters is 1. The average Bonchev–Trinajstić information content (AvgIpc) is 3.03. The topological polar surface area (TPSA) is 46.5 Å². The van der Waals surface area contributed by atoms with Gasteiger partial charge in [0.2, 0.25) is 0 Å². The molecule has 0 aliphatic heterocycles. The maximum absolute atomic E-state index is 11.6. The Bertz CT molecular complexity index is 640. The number of carbonyl (C=O) groups is 1. The van der Waals surface area contributed by atoms with Gasteiger partial charge >= 0.3 is 5.97 Å². The molecule has 0 heterocycles. The van der Waals surface area contributed by atoms with Crippen molar-refractivity contribution in [3.8, 4) is 0 Å². The Kier molecular flexibility index (Phi) is 5.44. The van der Waals surface area contributed by atoms with E-state index in [1.54, 1.807) is 5.57 Å². The van der Waals surface area contributed by atoms with Gasteiger partial charge in [0.1, 0.15) is 0 Å². The number of allylic oxidation sites excluding steroid dienone is 1. The van der Waals surface area contributed by atoms with Crippen molar-refractivity contribution in [3.63, 3.8) is 0 Å². The van der Waals surface area contributed by atoms with E-state index in [0.29, 0.717) is 23.2 Å². The van der Waals surface area contributed by atoms with Crippen molar-refractivity contribution in [2.45, 2.75) is 91.1 Å². The molecule has 3 heteroatoms. The fraction of sp³-hybridized carbons (Fsp3) is 0.880. The third-order valence-corrected chi connectivity index (χ3v) is 9.87. The largest absolute Gasteiger partial charge is 0.469 e. The van der Waals surface area contributed by atoms with Crippen molar-refractivity contribution in [2.24, 2.45) is 40.4 Å². The molecule has 5 unspecified atom stereocenters. The van der Waals surface area contributed by atoms with Crippen LogP contribution in [0.4, 0.5) is 0 Å². The van der Waals surface area contributed by atoms with Crippen LogP contribution in [-0.2, 0) is 9.53 Å². The Balaban J connectivity index is 1.51. The van der Waals surface area contributed by atoms with Crippen LogP contribution >= 0.6 is 0 Å². The highest BCUT2D eigenvalue weighted by Gasteiger charge is 2.59. The smallest absolute Gasteiger partial charge is 0.305 e. The van der Waals surface area contributed by atoms with Crippen LogP contribution in [0.25, 0.3) is 0 Å². The SMILES string of the molecule is COC(=O)CCC(C)C1CCC2C3CC=C4C[C@@H](O)CC[C@]4(C)C3CC[C@]12C. The van der Waals surface area contributed by atoms with Gasteiger partial charge in [-0.25, -0.2) is 0 Å². The van der Waals surface area contributed by atoms with Crippen molar-refractivity contribution >= 4 is 5.97 Å². The lowest BCUT2D eigenvalue weighted by Gasteiger charge is -2.58. The highest BCUT2D eigenvalue weighted by atomic mass is 16.5. The second kappa shape index (κ2) is 7.45. The summed E-state index contributed by atoms with van der Waals surface area (Å²) in [4.78, 5) is 11.6. The number of methoxy groups -OCH3 is 1. The molecule has 8 atom stereocenters. The highest BCUT2D eigenvalue weighted by Crippen LogP contribution is 2.67. The summed E-state index contributed by atoms with van der Waals surface area (Å²) in [5.74, 6) is 3.74. The number of aliphatic hydroxyl groups excluding tert-OH is 1. The lowest BCUT2D eigenvalue weighted by molar-refractivity contribution is -0.141. The van der Waals surface area contributed by atoms with Crippen LogP contribution in [0.2, 0.25) is 0 Å². The van der Waals surface area contributed by atoms with E-state index in [-0.39, 0.29) is 12.1 Å².